The van der Waals surface area contributed by atoms with E-state index in [2.05, 4.69) is 0 Å². The van der Waals surface area contributed by atoms with Crippen molar-refractivity contribution in [3.8, 4) is 11.8 Å². The zero-order chi connectivity index (χ0) is 12.1. The lowest BCUT2D eigenvalue weighted by atomic mass is 10.2. The van der Waals surface area contributed by atoms with Crippen LogP contribution in [0.2, 0.25) is 0 Å². The second-order valence-corrected chi connectivity index (χ2v) is 2.99. The van der Waals surface area contributed by atoms with Crippen molar-refractivity contribution in [2.24, 2.45) is 0 Å². The molecule has 0 amide bonds. The average Bonchev–Trinajstić information content (AvgIpc) is 2.27. The van der Waals surface area contributed by atoms with Crippen LogP contribution in [0.1, 0.15) is 13.3 Å². The zero-order valence-electron chi connectivity index (χ0n) is 8.51. The highest BCUT2D eigenvalue weighted by atomic mass is 19.1. The van der Waals surface area contributed by atoms with E-state index in [0.717, 1.165) is 12.1 Å². The van der Waals surface area contributed by atoms with Crippen LogP contribution >= 0.6 is 0 Å². The molecule has 16 heavy (non-hydrogen) atoms. The van der Waals surface area contributed by atoms with Crippen molar-refractivity contribution in [1.82, 2.24) is 0 Å². The van der Waals surface area contributed by atoms with E-state index in [0.29, 0.717) is 6.42 Å². The van der Waals surface area contributed by atoms with Gasteiger partial charge in [-0.2, -0.15) is 5.26 Å². The van der Waals surface area contributed by atoms with Crippen LogP contribution < -0.4 is 4.74 Å². The van der Waals surface area contributed by atoms with Gasteiger partial charge in [-0.25, -0.2) is 4.39 Å². The molecule has 0 aliphatic heterocycles. The molecule has 1 aromatic carbocycles. The molecule has 0 radical (unpaired) electrons. The number of nitrogens with zero attached hydrogens (tertiary/aromatic N) is 2. The van der Waals surface area contributed by atoms with Gasteiger partial charge in [-0.1, -0.05) is 13.0 Å². The minimum atomic E-state index is -0.893. The number of rotatable bonds is 4. The molecule has 0 N–H and O–H groups in total. The fourth-order valence-corrected chi connectivity index (χ4v) is 1.10. The summed E-state index contributed by atoms with van der Waals surface area (Å²) in [6.45, 7) is 1.67. The summed E-state index contributed by atoms with van der Waals surface area (Å²) in [6, 6.07) is 5.17. The monoisotopic (exact) mass is 224 g/mol. The predicted octanol–water partition coefficient (Wildman–Crippen LogP) is 2.41. The molecule has 0 fully saturated rings. The third kappa shape index (κ3) is 2.45. The maximum absolute atomic E-state index is 13.3. The number of ether oxygens (including phenoxy) is 1. The van der Waals surface area contributed by atoms with E-state index in [1.165, 1.54) is 6.07 Å². The smallest absolute Gasteiger partial charge is 0.314 e. The van der Waals surface area contributed by atoms with Crippen molar-refractivity contribution >= 4 is 5.69 Å². The van der Waals surface area contributed by atoms with Gasteiger partial charge in [-0.15, -0.1) is 0 Å². The van der Waals surface area contributed by atoms with Gasteiger partial charge >= 0.3 is 5.69 Å². The van der Waals surface area contributed by atoms with E-state index in [1.807, 2.05) is 0 Å². The Kier molecular flexibility index (Phi) is 3.78. The highest BCUT2D eigenvalue weighted by Gasteiger charge is 2.22. The van der Waals surface area contributed by atoms with Crippen LogP contribution in [0, 0.1) is 27.3 Å². The summed E-state index contributed by atoms with van der Waals surface area (Å²) in [5, 5.41) is 19.2. The molecular formula is C10H9FN2O3. The van der Waals surface area contributed by atoms with E-state index in [-0.39, 0.29) is 0 Å². The summed E-state index contributed by atoms with van der Waals surface area (Å²) < 4.78 is 18.3. The zero-order valence-corrected chi connectivity index (χ0v) is 8.51. The summed E-state index contributed by atoms with van der Waals surface area (Å²) in [4.78, 5) is 9.86. The molecule has 0 aliphatic rings. The lowest BCUT2D eigenvalue weighted by molar-refractivity contribution is -0.386. The van der Waals surface area contributed by atoms with Crippen molar-refractivity contribution in [1.29, 1.82) is 5.26 Å². The lowest BCUT2D eigenvalue weighted by Gasteiger charge is -2.10. The largest absolute Gasteiger partial charge is 0.466 e. The number of nitro benzene ring substituents is 1. The van der Waals surface area contributed by atoms with E-state index >= 15 is 0 Å². The van der Waals surface area contributed by atoms with Gasteiger partial charge in [0.2, 0.25) is 5.75 Å². The highest BCUT2D eigenvalue weighted by molar-refractivity contribution is 5.47. The Bertz CT molecular complexity index is 442. The van der Waals surface area contributed by atoms with Crippen molar-refractivity contribution in [3.63, 3.8) is 0 Å². The first-order chi connectivity index (χ1) is 7.60. The number of para-hydroxylation sites is 1. The fourth-order valence-electron chi connectivity index (χ4n) is 1.10. The molecule has 0 saturated carbocycles. The Labute approximate surface area is 91.2 Å². The van der Waals surface area contributed by atoms with Crippen LogP contribution in [0.5, 0.6) is 5.75 Å². The molecule has 0 heterocycles. The molecule has 0 aliphatic carbocycles. The molecule has 84 valence electrons. The third-order valence-electron chi connectivity index (χ3n) is 1.92. The minimum Gasteiger partial charge on any atom is -0.466 e. The van der Waals surface area contributed by atoms with Gasteiger partial charge in [0.25, 0.3) is 0 Å². The molecule has 5 nitrogen and oxygen atoms in total. The summed E-state index contributed by atoms with van der Waals surface area (Å²) >= 11 is 0. The highest BCUT2D eigenvalue weighted by Crippen LogP contribution is 2.30. The molecule has 1 aromatic rings. The van der Waals surface area contributed by atoms with E-state index < -0.39 is 28.3 Å². The molecular weight excluding hydrogens is 215 g/mol. The van der Waals surface area contributed by atoms with Crippen LogP contribution in [0.15, 0.2) is 18.2 Å². The van der Waals surface area contributed by atoms with Crippen LogP contribution in [0.4, 0.5) is 10.1 Å². The normalized spacial score (nSPS) is 11.6. The first kappa shape index (κ1) is 11.9. The Balaban J connectivity index is 3.11. The number of hydrogen-bond acceptors (Lipinski definition) is 4. The third-order valence-corrected chi connectivity index (χ3v) is 1.92. The van der Waals surface area contributed by atoms with Gasteiger partial charge in [-0.3, -0.25) is 10.1 Å². The molecule has 1 unspecified atom stereocenters. The summed E-state index contributed by atoms with van der Waals surface area (Å²) in [7, 11) is 0. The summed E-state index contributed by atoms with van der Waals surface area (Å²) in [5.74, 6) is -1.33. The van der Waals surface area contributed by atoms with E-state index in [9.17, 15) is 14.5 Å². The van der Waals surface area contributed by atoms with Crippen molar-refractivity contribution in [3.05, 3.63) is 34.1 Å². The topological polar surface area (TPSA) is 76.2 Å². The van der Waals surface area contributed by atoms with Crippen LogP contribution in [0.25, 0.3) is 0 Å². The number of nitro groups is 1. The summed E-state index contributed by atoms with van der Waals surface area (Å²) in [6.07, 6.45) is -0.572. The molecule has 1 rings (SSSR count). The second-order valence-electron chi connectivity index (χ2n) is 2.99. The quantitative estimate of drug-likeness (QED) is 0.581. The Morgan fingerprint density at radius 3 is 2.88 bits per heavy atom. The minimum absolute atomic E-state index is 0.321. The Morgan fingerprint density at radius 1 is 1.69 bits per heavy atom. The molecule has 0 saturated heterocycles. The van der Waals surface area contributed by atoms with Crippen LogP contribution in [-0.2, 0) is 0 Å². The molecule has 1 atom stereocenters. The van der Waals surface area contributed by atoms with Crippen LogP contribution in [0.3, 0.4) is 0 Å². The second kappa shape index (κ2) is 5.07. The number of hydrogen-bond donors (Lipinski definition) is 0. The number of benzene rings is 1. The first-order valence-electron chi connectivity index (χ1n) is 4.59. The molecule has 0 bridgehead atoms. The van der Waals surface area contributed by atoms with Gasteiger partial charge in [0, 0.05) is 6.07 Å². The molecule has 0 spiro atoms. The number of nitriles is 1. The number of halogens is 1. The van der Waals surface area contributed by atoms with Gasteiger partial charge in [0.05, 0.1) is 4.92 Å². The van der Waals surface area contributed by atoms with Crippen LogP contribution in [-0.4, -0.2) is 11.0 Å². The van der Waals surface area contributed by atoms with Gasteiger partial charge in [0.15, 0.2) is 11.9 Å². The SMILES string of the molecule is CCC(C#N)Oc1c(F)cccc1[N+](=O)[O-]. The molecule has 0 aromatic heterocycles. The maximum Gasteiger partial charge on any atom is 0.314 e. The Morgan fingerprint density at radius 2 is 2.38 bits per heavy atom. The average molecular weight is 224 g/mol. The predicted molar refractivity (Wildman–Crippen MR) is 53.4 cm³/mol. The van der Waals surface area contributed by atoms with Crippen molar-refractivity contribution in [2.45, 2.75) is 19.4 Å². The van der Waals surface area contributed by atoms with Gasteiger partial charge in [0.1, 0.15) is 6.07 Å². The lowest BCUT2D eigenvalue weighted by Crippen LogP contribution is -2.14. The Hall–Kier alpha value is -2.16. The first-order valence-corrected chi connectivity index (χ1v) is 4.59. The van der Waals surface area contributed by atoms with E-state index in [1.54, 1.807) is 13.0 Å². The fraction of sp³-hybridized carbons (Fsp3) is 0.300. The van der Waals surface area contributed by atoms with E-state index in [4.69, 9.17) is 10.00 Å². The maximum atomic E-state index is 13.3. The van der Waals surface area contributed by atoms with Crippen molar-refractivity contribution < 1.29 is 14.1 Å². The van der Waals surface area contributed by atoms with Gasteiger partial charge < -0.3 is 4.74 Å². The van der Waals surface area contributed by atoms with Crippen molar-refractivity contribution in [2.75, 3.05) is 0 Å². The molecule has 6 heteroatoms. The van der Waals surface area contributed by atoms with Gasteiger partial charge in [-0.05, 0) is 12.5 Å². The standard InChI is InChI=1S/C10H9FN2O3/c1-2-7(6-12)16-10-8(11)4-3-5-9(10)13(14)15/h3-5,7H,2H2,1H3. The summed E-state index contributed by atoms with van der Waals surface area (Å²) in [5.41, 5.74) is -0.478.